The first-order valence-electron chi connectivity index (χ1n) is 9.47. The molecule has 6 nitrogen and oxygen atoms in total. The van der Waals surface area contributed by atoms with Gasteiger partial charge in [-0.05, 0) is 49.3 Å². The fraction of sp³-hybridized carbons (Fsp3) is 0.632. The van der Waals surface area contributed by atoms with E-state index in [0.717, 1.165) is 25.9 Å². The van der Waals surface area contributed by atoms with E-state index < -0.39 is 10.0 Å². The number of sulfonamides is 1. The lowest BCUT2D eigenvalue weighted by atomic mass is 9.92. The fourth-order valence-corrected chi connectivity index (χ4v) is 5.70. The summed E-state index contributed by atoms with van der Waals surface area (Å²) in [5, 5.41) is 2.86. The fourth-order valence-electron chi connectivity index (χ4n) is 4.14. The summed E-state index contributed by atoms with van der Waals surface area (Å²) >= 11 is 0. The molecule has 0 bridgehead atoms. The van der Waals surface area contributed by atoms with E-state index in [0.29, 0.717) is 37.2 Å². The van der Waals surface area contributed by atoms with Crippen molar-refractivity contribution in [2.24, 2.45) is 11.8 Å². The van der Waals surface area contributed by atoms with E-state index in [-0.39, 0.29) is 10.8 Å². The highest BCUT2D eigenvalue weighted by Gasteiger charge is 2.27. The van der Waals surface area contributed by atoms with Crippen LogP contribution in [-0.4, -0.2) is 56.3 Å². The van der Waals surface area contributed by atoms with Crippen molar-refractivity contribution in [2.75, 3.05) is 38.0 Å². The predicted octanol–water partition coefficient (Wildman–Crippen LogP) is 2.39. The molecule has 144 valence electrons. The number of likely N-dealkylation sites (tertiary alicyclic amines) is 1. The number of piperidine rings is 1. The van der Waals surface area contributed by atoms with Gasteiger partial charge in [0.25, 0.3) is 0 Å². The molecule has 0 saturated carbocycles. The molecule has 2 aliphatic rings. The minimum atomic E-state index is -3.47. The van der Waals surface area contributed by atoms with Gasteiger partial charge in [0, 0.05) is 31.9 Å². The summed E-state index contributed by atoms with van der Waals surface area (Å²) in [5.41, 5.74) is 0.536. The van der Waals surface area contributed by atoms with Crippen LogP contribution < -0.4 is 5.32 Å². The molecule has 2 heterocycles. The molecule has 1 amide bonds. The van der Waals surface area contributed by atoms with Crippen LogP contribution in [0.2, 0.25) is 0 Å². The number of rotatable bonds is 5. The Labute approximate surface area is 156 Å². The van der Waals surface area contributed by atoms with Crippen molar-refractivity contribution in [1.29, 1.82) is 0 Å². The van der Waals surface area contributed by atoms with Crippen LogP contribution in [0.3, 0.4) is 0 Å². The van der Waals surface area contributed by atoms with Gasteiger partial charge in [-0.2, -0.15) is 4.31 Å². The minimum Gasteiger partial charge on any atom is -0.325 e. The third-order valence-electron chi connectivity index (χ3n) is 5.13. The molecule has 0 aliphatic carbocycles. The molecule has 0 radical (unpaired) electrons. The molecule has 0 unspecified atom stereocenters. The minimum absolute atomic E-state index is 0.0954. The van der Waals surface area contributed by atoms with Gasteiger partial charge in [0.15, 0.2) is 0 Å². The molecule has 2 fully saturated rings. The number of amides is 1. The Kier molecular flexibility index (Phi) is 5.99. The lowest BCUT2D eigenvalue weighted by molar-refractivity contribution is -0.117. The summed E-state index contributed by atoms with van der Waals surface area (Å²) in [4.78, 5) is 14.8. The van der Waals surface area contributed by atoms with Crippen molar-refractivity contribution in [3.05, 3.63) is 24.3 Å². The quantitative estimate of drug-likeness (QED) is 0.853. The molecule has 2 aliphatic heterocycles. The number of anilines is 1. The zero-order valence-corrected chi connectivity index (χ0v) is 16.5. The van der Waals surface area contributed by atoms with Crippen LogP contribution in [0.4, 0.5) is 5.69 Å². The van der Waals surface area contributed by atoms with Crippen LogP contribution in [0, 0.1) is 11.8 Å². The normalized spacial score (nSPS) is 25.3. The first-order chi connectivity index (χ1) is 12.3. The number of carbonyl (C=O) groups excluding carboxylic acids is 1. The molecule has 3 rings (SSSR count). The van der Waals surface area contributed by atoms with E-state index in [1.807, 2.05) is 0 Å². The van der Waals surface area contributed by atoms with E-state index in [1.54, 1.807) is 24.3 Å². The third-order valence-corrected chi connectivity index (χ3v) is 7.03. The van der Waals surface area contributed by atoms with Crippen molar-refractivity contribution in [2.45, 2.75) is 38.0 Å². The molecular formula is C19H29N3O3S. The monoisotopic (exact) mass is 379 g/mol. The van der Waals surface area contributed by atoms with Crippen molar-refractivity contribution in [1.82, 2.24) is 9.21 Å². The molecule has 7 heteroatoms. The third kappa shape index (κ3) is 4.64. The Balaban J connectivity index is 1.64. The standard InChI is InChI=1S/C19H29N3O3S/c1-15-10-16(2)13-21(12-15)14-19(23)20-17-6-5-7-18(11-17)26(24,25)22-8-3-4-9-22/h5-7,11,15-16H,3-4,8-10,12-14H2,1-2H3,(H,20,23)/t15-,16-/m1/s1. The molecular weight excluding hydrogens is 350 g/mol. The molecule has 2 saturated heterocycles. The first kappa shape index (κ1) is 19.3. The van der Waals surface area contributed by atoms with Gasteiger partial charge in [-0.15, -0.1) is 0 Å². The van der Waals surface area contributed by atoms with Gasteiger partial charge in [-0.25, -0.2) is 8.42 Å². The summed E-state index contributed by atoms with van der Waals surface area (Å²) < 4.78 is 26.9. The van der Waals surface area contributed by atoms with E-state index >= 15 is 0 Å². The average Bonchev–Trinajstić information content (AvgIpc) is 3.09. The van der Waals surface area contributed by atoms with Crippen molar-refractivity contribution >= 4 is 21.6 Å². The van der Waals surface area contributed by atoms with Gasteiger partial charge in [0.1, 0.15) is 0 Å². The summed E-state index contributed by atoms with van der Waals surface area (Å²) in [6.07, 6.45) is 3.01. The lowest BCUT2D eigenvalue weighted by Gasteiger charge is -2.34. The Morgan fingerprint density at radius 1 is 1.15 bits per heavy atom. The zero-order chi connectivity index (χ0) is 18.7. The van der Waals surface area contributed by atoms with Gasteiger partial charge < -0.3 is 5.32 Å². The van der Waals surface area contributed by atoms with Crippen LogP contribution in [0.25, 0.3) is 0 Å². The van der Waals surface area contributed by atoms with Gasteiger partial charge in [-0.1, -0.05) is 19.9 Å². The molecule has 2 atom stereocenters. The second-order valence-electron chi connectivity index (χ2n) is 7.83. The molecule has 1 aromatic rings. The van der Waals surface area contributed by atoms with Crippen molar-refractivity contribution in [3.8, 4) is 0 Å². The maximum atomic E-state index is 12.7. The van der Waals surface area contributed by atoms with Crippen LogP contribution in [0.15, 0.2) is 29.2 Å². The summed E-state index contributed by atoms with van der Waals surface area (Å²) in [6.45, 7) is 7.79. The van der Waals surface area contributed by atoms with E-state index in [1.165, 1.54) is 10.7 Å². The highest BCUT2D eigenvalue weighted by molar-refractivity contribution is 7.89. The maximum absolute atomic E-state index is 12.7. The molecule has 1 N–H and O–H groups in total. The van der Waals surface area contributed by atoms with Gasteiger partial charge >= 0.3 is 0 Å². The molecule has 0 spiro atoms. The number of carbonyl (C=O) groups is 1. The number of nitrogens with zero attached hydrogens (tertiary/aromatic N) is 2. The average molecular weight is 380 g/mol. The van der Waals surface area contributed by atoms with Crippen LogP contribution in [0.5, 0.6) is 0 Å². The largest absolute Gasteiger partial charge is 0.325 e. The van der Waals surface area contributed by atoms with E-state index in [2.05, 4.69) is 24.1 Å². The predicted molar refractivity (Wildman–Crippen MR) is 102 cm³/mol. The maximum Gasteiger partial charge on any atom is 0.243 e. The highest BCUT2D eigenvalue weighted by atomic mass is 32.2. The topological polar surface area (TPSA) is 69.7 Å². The second-order valence-corrected chi connectivity index (χ2v) is 9.77. The molecule has 0 aromatic heterocycles. The molecule has 26 heavy (non-hydrogen) atoms. The number of hydrogen-bond donors (Lipinski definition) is 1. The Hall–Kier alpha value is -1.44. The summed E-state index contributed by atoms with van der Waals surface area (Å²) in [5.74, 6) is 1.10. The van der Waals surface area contributed by atoms with Crippen LogP contribution in [0.1, 0.15) is 33.1 Å². The van der Waals surface area contributed by atoms with Gasteiger partial charge in [-0.3, -0.25) is 9.69 Å². The lowest BCUT2D eigenvalue weighted by Crippen LogP contribution is -2.42. The smallest absolute Gasteiger partial charge is 0.243 e. The molecule has 1 aromatic carbocycles. The van der Waals surface area contributed by atoms with Crippen molar-refractivity contribution in [3.63, 3.8) is 0 Å². The Bertz CT molecular complexity index is 734. The number of hydrogen-bond acceptors (Lipinski definition) is 4. The first-order valence-corrected chi connectivity index (χ1v) is 10.9. The van der Waals surface area contributed by atoms with Crippen LogP contribution in [-0.2, 0) is 14.8 Å². The van der Waals surface area contributed by atoms with Gasteiger partial charge in [0.2, 0.25) is 15.9 Å². The zero-order valence-electron chi connectivity index (χ0n) is 15.6. The van der Waals surface area contributed by atoms with E-state index in [4.69, 9.17) is 0 Å². The van der Waals surface area contributed by atoms with E-state index in [9.17, 15) is 13.2 Å². The second kappa shape index (κ2) is 8.06. The Morgan fingerprint density at radius 3 is 2.46 bits per heavy atom. The van der Waals surface area contributed by atoms with Crippen molar-refractivity contribution < 1.29 is 13.2 Å². The Morgan fingerprint density at radius 2 is 1.81 bits per heavy atom. The number of benzene rings is 1. The number of nitrogens with one attached hydrogen (secondary N) is 1. The van der Waals surface area contributed by atoms with Gasteiger partial charge in [0.05, 0.1) is 11.4 Å². The summed E-state index contributed by atoms with van der Waals surface area (Å²) in [6, 6.07) is 6.58. The van der Waals surface area contributed by atoms with Crippen LogP contribution >= 0.6 is 0 Å². The SMILES string of the molecule is C[C@@H]1C[C@@H](C)CN(CC(=O)Nc2cccc(S(=O)(=O)N3CCCC3)c2)C1. The summed E-state index contributed by atoms with van der Waals surface area (Å²) in [7, 11) is -3.47. The highest BCUT2D eigenvalue weighted by Crippen LogP contribution is 2.24.